The molecule has 2 heteroatoms. The highest BCUT2D eigenvalue weighted by Crippen LogP contribution is 2.25. The zero-order valence-corrected chi connectivity index (χ0v) is 13.6. The first-order valence-electron chi connectivity index (χ1n) is 7.31. The third-order valence-electron chi connectivity index (χ3n) is 3.91. The molecule has 0 amide bonds. The van der Waals surface area contributed by atoms with E-state index in [-0.39, 0.29) is 6.61 Å². The van der Waals surface area contributed by atoms with E-state index in [9.17, 15) is 5.11 Å². The van der Waals surface area contributed by atoms with Crippen LogP contribution in [0.5, 0.6) is 0 Å². The Balaban J connectivity index is 4.79. The van der Waals surface area contributed by atoms with Crippen LogP contribution in [0.25, 0.3) is 0 Å². The van der Waals surface area contributed by atoms with Gasteiger partial charge in [0.15, 0.2) is 0 Å². The van der Waals surface area contributed by atoms with Crippen LogP contribution in [0.4, 0.5) is 0 Å². The van der Waals surface area contributed by atoms with E-state index in [0.717, 1.165) is 31.5 Å². The van der Waals surface area contributed by atoms with E-state index in [1.54, 1.807) is 0 Å². The molecular formula is C17H31NO. The third kappa shape index (κ3) is 7.40. The second kappa shape index (κ2) is 10.1. The molecule has 0 spiro atoms. The Morgan fingerprint density at radius 2 is 1.95 bits per heavy atom. The maximum absolute atomic E-state index is 9.33. The molecule has 0 aliphatic carbocycles. The highest BCUT2D eigenvalue weighted by molar-refractivity contribution is 5.14. The lowest BCUT2D eigenvalue weighted by Crippen LogP contribution is -2.28. The summed E-state index contributed by atoms with van der Waals surface area (Å²) in [5, 5.41) is 9.33. The van der Waals surface area contributed by atoms with Crippen LogP contribution < -0.4 is 0 Å². The first kappa shape index (κ1) is 18.2. The van der Waals surface area contributed by atoms with Crippen LogP contribution in [0.1, 0.15) is 47.5 Å². The zero-order chi connectivity index (χ0) is 14.8. The molecule has 2 atom stereocenters. The number of aliphatic hydroxyl groups is 1. The molecule has 1 N–H and O–H groups in total. The van der Waals surface area contributed by atoms with Crippen molar-refractivity contribution in [3.8, 4) is 11.8 Å². The average Bonchev–Trinajstić information content (AvgIpc) is 2.42. The van der Waals surface area contributed by atoms with Crippen LogP contribution in [0.2, 0.25) is 0 Å². The van der Waals surface area contributed by atoms with Crippen LogP contribution in [-0.2, 0) is 0 Å². The lowest BCUT2D eigenvalue weighted by atomic mass is 9.86. The van der Waals surface area contributed by atoms with Gasteiger partial charge in [0, 0.05) is 13.0 Å². The fraction of sp³-hybridized carbons (Fsp3) is 0.765. The molecule has 0 aromatic carbocycles. The molecule has 0 saturated heterocycles. The number of hydrogen-bond acceptors (Lipinski definition) is 2. The van der Waals surface area contributed by atoms with Crippen LogP contribution in [0.15, 0.2) is 11.1 Å². The molecule has 0 aromatic rings. The Labute approximate surface area is 119 Å². The SMILES string of the molecule is CC#CCC(C)CC(CN(C)CC)/C(C)=C(/C)CO. The van der Waals surface area contributed by atoms with Gasteiger partial charge in [0.05, 0.1) is 6.61 Å². The standard InChI is InChI=1S/C17H31NO/c1-7-9-10-14(3)11-17(12-18(6)8-2)16(5)15(4)13-19/h14,17,19H,8,10-13H2,1-6H3/b16-15-. The molecule has 0 saturated carbocycles. The summed E-state index contributed by atoms with van der Waals surface area (Å²) in [6, 6.07) is 0. The van der Waals surface area contributed by atoms with E-state index < -0.39 is 0 Å². The van der Waals surface area contributed by atoms with Crippen LogP contribution in [0.3, 0.4) is 0 Å². The second-order valence-electron chi connectivity index (χ2n) is 5.65. The zero-order valence-electron chi connectivity index (χ0n) is 13.6. The summed E-state index contributed by atoms with van der Waals surface area (Å²) in [6.07, 6.45) is 2.11. The Bertz CT molecular complexity index is 335. The van der Waals surface area contributed by atoms with Gasteiger partial charge in [-0.3, -0.25) is 0 Å². The summed E-state index contributed by atoms with van der Waals surface area (Å²) in [5.41, 5.74) is 2.46. The fourth-order valence-electron chi connectivity index (χ4n) is 2.21. The second-order valence-corrected chi connectivity index (χ2v) is 5.65. The molecule has 0 bridgehead atoms. The maximum atomic E-state index is 9.33. The minimum absolute atomic E-state index is 0.168. The maximum Gasteiger partial charge on any atom is 0.0641 e. The molecule has 0 rings (SSSR count). The summed E-state index contributed by atoms with van der Waals surface area (Å²) in [5.74, 6) is 7.27. The molecule has 0 fully saturated rings. The molecule has 2 unspecified atom stereocenters. The monoisotopic (exact) mass is 265 g/mol. The van der Waals surface area contributed by atoms with E-state index in [1.165, 1.54) is 5.57 Å². The van der Waals surface area contributed by atoms with Gasteiger partial charge >= 0.3 is 0 Å². The molecule has 110 valence electrons. The van der Waals surface area contributed by atoms with Gasteiger partial charge in [0.2, 0.25) is 0 Å². The first-order chi connectivity index (χ1) is 8.96. The Morgan fingerprint density at radius 3 is 2.42 bits per heavy atom. The third-order valence-corrected chi connectivity index (χ3v) is 3.91. The van der Waals surface area contributed by atoms with Crippen molar-refractivity contribution < 1.29 is 5.11 Å². The highest BCUT2D eigenvalue weighted by atomic mass is 16.3. The van der Waals surface area contributed by atoms with Crippen molar-refractivity contribution in [3.63, 3.8) is 0 Å². The van der Waals surface area contributed by atoms with Crippen LogP contribution in [-0.4, -0.2) is 36.8 Å². The van der Waals surface area contributed by atoms with E-state index >= 15 is 0 Å². The van der Waals surface area contributed by atoms with Gasteiger partial charge in [-0.2, -0.15) is 0 Å². The van der Waals surface area contributed by atoms with E-state index in [2.05, 4.69) is 44.6 Å². The minimum atomic E-state index is 0.168. The normalized spacial score (nSPS) is 15.6. The number of nitrogens with zero attached hydrogens (tertiary/aromatic N) is 1. The summed E-state index contributed by atoms with van der Waals surface area (Å²) >= 11 is 0. The van der Waals surface area contributed by atoms with Crippen molar-refractivity contribution in [1.82, 2.24) is 4.90 Å². The summed E-state index contributed by atoms with van der Waals surface area (Å²) < 4.78 is 0. The Morgan fingerprint density at radius 1 is 1.32 bits per heavy atom. The van der Waals surface area contributed by atoms with Gasteiger partial charge < -0.3 is 10.0 Å². The van der Waals surface area contributed by atoms with E-state index in [0.29, 0.717) is 11.8 Å². The van der Waals surface area contributed by atoms with Gasteiger partial charge in [0.25, 0.3) is 0 Å². The Kier molecular flexibility index (Phi) is 9.65. The summed E-state index contributed by atoms with van der Waals surface area (Å²) in [7, 11) is 2.16. The molecule has 0 aliphatic heterocycles. The predicted molar refractivity (Wildman–Crippen MR) is 84.0 cm³/mol. The minimum Gasteiger partial charge on any atom is -0.392 e. The molecule has 0 aromatic heterocycles. The molecule has 19 heavy (non-hydrogen) atoms. The average molecular weight is 265 g/mol. The number of aliphatic hydroxyl groups excluding tert-OH is 1. The summed E-state index contributed by atoms with van der Waals surface area (Å²) in [6.45, 7) is 12.8. The van der Waals surface area contributed by atoms with Crippen molar-refractivity contribution in [2.75, 3.05) is 26.7 Å². The molecule has 0 aliphatic rings. The lowest BCUT2D eigenvalue weighted by Gasteiger charge is -2.27. The van der Waals surface area contributed by atoms with E-state index in [4.69, 9.17) is 0 Å². The molecule has 2 nitrogen and oxygen atoms in total. The Hall–Kier alpha value is -0.780. The largest absolute Gasteiger partial charge is 0.392 e. The molecular weight excluding hydrogens is 234 g/mol. The quantitative estimate of drug-likeness (QED) is 0.537. The van der Waals surface area contributed by atoms with Crippen molar-refractivity contribution in [2.24, 2.45) is 11.8 Å². The highest BCUT2D eigenvalue weighted by Gasteiger charge is 2.17. The number of rotatable bonds is 8. The van der Waals surface area contributed by atoms with Crippen LogP contribution >= 0.6 is 0 Å². The number of hydrogen-bond donors (Lipinski definition) is 1. The molecule has 0 heterocycles. The van der Waals surface area contributed by atoms with Crippen molar-refractivity contribution >= 4 is 0 Å². The fourth-order valence-corrected chi connectivity index (χ4v) is 2.21. The topological polar surface area (TPSA) is 23.5 Å². The van der Waals surface area contributed by atoms with Gasteiger partial charge in [-0.05, 0) is 58.2 Å². The van der Waals surface area contributed by atoms with Crippen molar-refractivity contribution in [3.05, 3.63) is 11.1 Å². The summed E-state index contributed by atoms with van der Waals surface area (Å²) in [4.78, 5) is 2.34. The van der Waals surface area contributed by atoms with Gasteiger partial charge in [-0.1, -0.05) is 19.4 Å². The molecule has 0 radical (unpaired) electrons. The van der Waals surface area contributed by atoms with Gasteiger partial charge in [-0.15, -0.1) is 11.8 Å². The smallest absolute Gasteiger partial charge is 0.0641 e. The lowest BCUT2D eigenvalue weighted by molar-refractivity contribution is 0.276. The first-order valence-corrected chi connectivity index (χ1v) is 7.31. The van der Waals surface area contributed by atoms with Crippen molar-refractivity contribution in [2.45, 2.75) is 47.5 Å². The predicted octanol–water partition coefficient (Wildman–Crippen LogP) is 3.32. The van der Waals surface area contributed by atoms with Crippen molar-refractivity contribution in [1.29, 1.82) is 0 Å². The van der Waals surface area contributed by atoms with Gasteiger partial charge in [-0.25, -0.2) is 0 Å². The van der Waals surface area contributed by atoms with Gasteiger partial charge in [0.1, 0.15) is 0 Å². The van der Waals surface area contributed by atoms with Crippen LogP contribution in [0, 0.1) is 23.7 Å². The van der Waals surface area contributed by atoms with E-state index in [1.807, 2.05) is 13.8 Å².